The molecule has 0 radical (unpaired) electrons. The largest absolute Gasteiger partial charge is 0.306 e. The second kappa shape index (κ2) is 7.30. The normalized spacial score (nSPS) is 18.4. The number of nitrogens with zero attached hydrogens (tertiary/aromatic N) is 1. The lowest BCUT2D eigenvalue weighted by molar-refractivity contribution is 0.254. The second-order valence-electron chi connectivity index (χ2n) is 8.21. The summed E-state index contributed by atoms with van der Waals surface area (Å²) in [6, 6.07) is 10.5. The molecule has 4 rings (SSSR count). The van der Waals surface area contributed by atoms with Gasteiger partial charge in [0.25, 0.3) is 0 Å². The molecule has 0 unspecified atom stereocenters. The molecule has 0 N–H and O–H groups in total. The Bertz CT molecular complexity index is 930. The average molecular weight is 378 g/mol. The molecule has 2 aromatic rings. The quantitative estimate of drug-likeness (QED) is 0.583. The zero-order valence-corrected chi connectivity index (χ0v) is 17.4. The van der Waals surface area contributed by atoms with Crippen LogP contribution in [0.5, 0.6) is 0 Å². The van der Waals surface area contributed by atoms with Crippen molar-refractivity contribution in [3.05, 3.63) is 81.4 Å². The Kier molecular flexibility index (Phi) is 5.01. The molecule has 140 valence electrons. The van der Waals surface area contributed by atoms with Gasteiger partial charge in [-0.1, -0.05) is 48.5 Å². The highest BCUT2D eigenvalue weighted by atomic mass is 35.5. The molecule has 1 fully saturated rings. The fourth-order valence-electron chi connectivity index (χ4n) is 5.00. The van der Waals surface area contributed by atoms with E-state index in [-0.39, 0.29) is 0 Å². The van der Waals surface area contributed by atoms with Crippen LogP contribution in [-0.2, 0) is 6.42 Å². The molecular formula is C25H28ClN. The first-order chi connectivity index (χ1) is 13.0. The fraction of sp³-hybridized carbons (Fsp3) is 0.360. The van der Waals surface area contributed by atoms with Gasteiger partial charge in [0, 0.05) is 5.02 Å². The van der Waals surface area contributed by atoms with E-state index in [0.717, 1.165) is 22.6 Å². The monoisotopic (exact) mass is 377 g/mol. The Hall–Kier alpha value is -1.83. The van der Waals surface area contributed by atoms with Crippen LogP contribution >= 0.6 is 11.6 Å². The molecule has 0 saturated carbocycles. The van der Waals surface area contributed by atoms with E-state index in [4.69, 9.17) is 11.6 Å². The van der Waals surface area contributed by atoms with E-state index in [0.29, 0.717) is 5.92 Å². The minimum absolute atomic E-state index is 0.647. The number of piperidine rings is 1. The van der Waals surface area contributed by atoms with Crippen LogP contribution in [0.15, 0.2) is 43.0 Å². The molecule has 1 heterocycles. The third kappa shape index (κ3) is 3.39. The maximum Gasteiger partial charge on any atom is 0.0481 e. The van der Waals surface area contributed by atoms with Gasteiger partial charge in [-0.05, 0) is 110 Å². The molecule has 2 aliphatic rings. The van der Waals surface area contributed by atoms with Gasteiger partial charge in [-0.15, -0.1) is 0 Å². The summed E-state index contributed by atoms with van der Waals surface area (Å²) in [6.07, 6.45) is 5.67. The number of likely N-dealkylation sites (tertiary alicyclic amines) is 1. The summed E-state index contributed by atoms with van der Waals surface area (Å²) < 4.78 is 0. The molecule has 1 aliphatic carbocycles. The number of benzene rings is 2. The number of halogens is 1. The SMILES string of the molecule is C=C1C=C(c2ccccc2Cl)Cc2c1c(C)cc(C)c2C1CCN(C)CC1. The van der Waals surface area contributed by atoms with Crippen molar-refractivity contribution in [2.24, 2.45) is 0 Å². The van der Waals surface area contributed by atoms with Gasteiger partial charge < -0.3 is 4.90 Å². The van der Waals surface area contributed by atoms with Crippen LogP contribution in [0.4, 0.5) is 0 Å². The lowest BCUT2D eigenvalue weighted by Gasteiger charge is -2.34. The van der Waals surface area contributed by atoms with Crippen LogP contribution in [0, 0.1) is 13.8 Å². The van der Waals surface area contributed by atoms with Crippen molar-refractivity contribution in [3.8, 4) is 0 Å². The third-order valence-electron chi connectivity index (χ3n) is 6.26. The molecule has 2 heteroatoms. The molecule has 0 bridgehead atoms. The van der Waals surface area contributed by atoms with Crippen LogP contribution in [0.1, 0.15) is 52.1 Å². The Morgan fingerprint density at radius 1 is 1.07 bits per heavy atom. The van der Waals surface area contributed by atoms with Crippen LogP contribution in [0.3, 0.4) is 0 Å². The molecule has 1 saturated heterocycles. The topological polar surface area (TPSA) is 3.24 Å². The highest BCUT2D eigenvalue weighted by Crippen LogP contribution is 2.43. The molecule has 0 amide bonds. The molecule has 2 aromatic carbocycles. The van der Waals surface area contributed by atoms with E-state index < -0.39 is 0 Å². The summed E-state index contributed by atoms with van der Waals surface area (Å²) in [4.78, 5) is 2.44. The average Bonchev–Trinajstić information content (AvgIpc) is 2.63. The Labute approximate surface area is 168 Å². The zero-order chi connectivity index (χ0) is 19.1. The Balaban J connectivity index is 1.82. The first-order valence-corrected chi connectivity index (χ1v) is 10.3. The van der Waals surface area contributed by atoms with Crippen LogP contribution in [0.2, 0.25) is 5.02 Å². The van der Waals surface area contributed by atoms with E-state index in [1.54, 1.807) is 5.56 Å². The van der Waals surface area contributed by atoms with Gasteiger partial charge >= 0.3 is 0 Å². The molecular weight excluding hydrogens is 350 g/mol. The predicted molar refractivity (Wildman–Crippen MR) is 118 cm³/mol. The highest BCUT2D eigenvalue weighted by molar-refractivity contribution is 6.32. The van der Waals surface area contributed by atoms with Crippen molar-refractivity contribution in [2.75, 3.05) is 20.1 Å². The summed E-state index contributed by atoms with van der Waals surface area (Å²) in [5.74, 6) is 0.647. The number of aryl methyl sites for hydroxylation is 2. The zero-order valence-electron chi connectivity index (χ0n) is 16.6. The molecule has 0 spiro atoms. The lowest BCUT2D eigenvalue weighted by atomic mass is 9.75. The van der Waals surface area contributed by atoms with E-state index in [9.17, 15) is 0 Å². The number of allylic oxidation sites excluding steroid dienone is 3. The number of hydrogen-bond acceptors (Lipinski definition) is 1. The lowest BCUT2D eigenvalue weighted by Crippen LogP contribution is -2.30. The maximum absolute atomic E-state index is 6.52. The van der Waals surface area contributed by atoms with Crippen LogP contribution < -0.4 is 0 Å². The fourth-order valence-corrected chi connectivity index (χ4v) is 5.26. The van der Waals surface area contributed by atoms with Crippen molar-refractivity contribution in [3.63, 3.8) is 0 Å². The summed E-state index contributed by atoms with van der Waals surface area (Å²) in [5.41, 5.74) is 10.8. The van der Waals surface area contributed by atoms with Crippen LogP contribution in [0.25, 0.3) is 11.1 Å². The standard InChI is InChI=1S/C25H28ClN/c1-16-13-17(2)25(19-9-11-27(4)12-10-19)22-15-20(14-18(3)24(16)22)21-7-5-6-8-23(21)26/h5-8,13-14,19H,3,9-12,15H2,1-2,4H3. The smallest absolute Gasteiger partial charge is 0.0481 e. The Morgan fingerprint density at radius 2 is 1.78 bits per heavy atom. The van der Waals surface area contributed by atoms with E-state index in [1.807, 2.05) is 12.1 Å². The van der Waals surface area contributed by atoms with E-state index in [1.165, 1.54) is 53.8 Å². The van der Waals surface area contributed by atoms with Gasteiger partial charge in [-0.3, -0.25) is 0 Å². The minimum atomic E-state index is 0.647. The summed E-state index contributed by atoms with van der Waals surface area (Å²) >= 11 is 6.52. The number of rotatable bonds is 2. The van der Waals surface area contributed by atoms with Crippen molar-refractivity contribution >= 4 is 22.7 Å². The summed E-state index contributed by atoms with van der Waals surface area (Å²) in [7, 11) is 2.23. The summed E-state index contributed by atoms with van der Waals surface area (Å²) in [6.45, 7) is 11.3. The van der Waals surface area contributed by atoms with E-state index >= 15 is 0 Å². The molecule has 1 aliphatic heterocycles. The first kappa shape index (κ1) is 18.5. The second-order valence-corrected chi connectivity index (χ2v) is 8.61. The van der Waals surface area contributed by atoms with Crippen molar-refractivity contribution in [1.82, 2.24) is 4.90 Å². The molecule has 0 atom stereocenters. The number of hydrogen-bond donors (Lipinski definition) is 0. The van der Waals surface area contributed by atoms with Gasteiger partial charge in [0.1, 0.15) is 0 Å². The number of fused-ring (bicyclic) bond motifs is 1. The maximum atomic E-state index is 6.52. The van der Waals surface area contributed by atoms with E-state index in [2.05, 4.69) is 56.6 Å². The van der Waals surface area contributed by atoms with Crippen molar-refractivity contribution < 1.29 is 0 Å². The minimum Gasteiger partial charge on any atom is -0.306 e. The van der Waals surface area contributed by atoms with Crippen molar-refractivity contribution in [2.45, 2.75) is 39.0 Å². The van der Waals surface area contributed by atoms with Gasteiger partial charge in [-0.25, -0.2) is 0 Å². The van der Waals surface area contributed by atoms with Gasteiger partial charge in [-0.2, -0.15) is 0 Å². The van der Waals surface area contributed by atoms with Gasteiger partial charge in [0.2, 0.25) is 0 Å². The van der Waals surface area contributed by atoms with Crippen LogP contribution in [-0.4, -0.2) is 25.0 Å². The van der Waals surface area contributed by atoms with Gasteiger partial charge in [0.05, 0.1) is 0 Å². The molecule has 0 aromatic heterocycles. The predicted octanol–water partition coefficient (Wildman–Crippen LogP) is 6.42. The molecule has 1 nitrogen and oxygen atoms in total. The molecule has 27 heavy (non-hydrogen) atoms. The van der Waals surface area contributed by atoms with Crippen molar-refractivity contribution in [1.29, 1.82) is 0 Å². The van der Waals surface area contributed by atoms with Gasteiger partial charge in [0.15, 0.2) is 0 Å². The summed E-state index contributed by atoms with van der Waals surface area (Å²) in [5, 5.41) is 0.824. The highest BCUT2D eigenvalue weighted by Gasteiger charge is 2.28. The first-order valence-electron chi connectivity index (χ1n) is 9.92. The third-order valence-corrected chi connectivity index (χ3v) is 6.59. The Morgan fingerprint density at radius 3 is 2.48 bits per heavy atom.